The summed E-state index contributed by atoms with van der Waals surface area (Å²) in [6, 6.07) is 0. The lowest BCUT2D eigenvalue weighted by Crippen LogP contribution is -1.91. The van der Waals surface area contributed by atoms with Crippen LogP contribution in [0.3, 0.4) is 0 Å². The Labute approximate surface area is 87.7 Å². The summed E-state index contributed by atoms with van der Waals surface area (Å²) in [7, 11) is 1.31. The quantitative estimate of drug-likeness (QED) is 0.372. The van der Waals surface area contributed by atoms with Crippen molar-refractivity contribution in [2.24, 2.45) is 0 Å². The molecule has 0 amide bonds. The van der Waals surface area contributed by atoms with Crippen molar-refractivity contribution in [3.8, 4) is 0 Å². The van der Waals surface area contributed by atoms with Crippen LogP contribution >= 0.6 is 0 Å². The zero-order valence-corrected chi connectivity index (χ0v) is 6.66. The van der Waals surface area contributed by atoms with E-state index in [1.165, 1.54) is 7.11 Å². The van der Waals surface area contributed by atoms with Gasteiger partial charge in [0.15, 0.2) is 0 Å². The van der Waals surface area contributed by atoms with E-state index in [2.05, 4.69) is 11.3 Å². The average molecular weight is 186 g/mol. The maximum Gasteiger partial charge on any atom is 0.329 e. The number of aliphatic carboxylic acids is 1. The molecular formula is C7H14MgO4. The van der Waals surface area contributed by atoms with E-state index in [9.17, 15) is 9.59 Å². The van der Waals surface area contributed by atoms with E-state index in [0.717, 1.165) is 6.08 Å². The molecule has 0 aliphatic rings. The molecule has 0 aromatic heterocycles. The topological polar surface area (TPSA) is 63.6 Å². The summed E-state index contributed by atoms with van der Waals surface area (Å²) >= 11 is 0. The van der Waals surface area contributed by atoms with Gasteiger partial charge in [0.1, 0.15) is 0 Å². The molecule has 0 aliphatic carbocycles. The molecule has 0 unspecified atom stereocenters. The van der Waals surface area contributed by atoms with Crippen LogP contribution in [0.4, 0.5) is 0 Å². The van der Waals surface area contributed by atoms with Crippen LogP contribution in [0.2, 0.25) is 0 Å². The molecule has 0 heterocycles. The minimum absolute atomic E-state index is 0. The van der Waals surface area contributed by atoms with Crippen LogP contribution in [0.1, 0.15) is 13.3 Å². The summed E-state index contributed by atoms with van der Waals surface area (Å²) in [6.07, 6.45) is 1.33. The number of carboxylic acid groups (broad SMARTS) is 1. The van der Waals surface area contributed by atoms with Gasteiger partial charge in [-0.05, 0) is 0 Å². The molecule has 0 radical (unpaired) electrons. The highest BCUT2D eigenvalue weighted by Gasteiger charge is 1.82. The molecule has 4 nitrogen and oxygen atoms in total. The van der Waals surface area contributed by atoms with E-state index >= 15 is 0 Å². The number of rotatable bonds is 2. The monoisotopic (exact) mass is 186 g/mol. The second-order valence-corrected chi connectivity index (χ2v) is 1.47. The van der Waals surface area contributed by atoms with Gasteiger partial charge < -0.3 is 9.84 Å². The Bertz CT molecular complexity index is 144. The van der Waals surface area contributed by atoms with Gasteiger partial charge in [0.2, 0.25) is 0 Å². The molecule has 0 aromatic carbocycles. The number of carboxylic acids is 1. The summed E-state index contributed by atoms with van der Waals surface area (Å²) in [4.78, 5) is 19.2. The van der Waals surface area contributed by atoms with E-state index in [0.29, 0.717) is 0 Å². The smallest absolute Gasteiger partial charge is 0.329 e. The summed E-state index contributed by atoms with van der Waals surface area (Å²) in [5.74, 6) is -1.14. The van der Waals surface area contributed by atoms with Crippen molar-refractivity contribution < 1.29 is 19.4 Å². The van der Waals surface area contributed by atoms with Crippen LogP contribution < -0.4 is 0 Å². The summed E-state index contributed by atoms with van der Waals surface area (Å²) in [5.41, 5.74) is 0. The molecule has 0 bridgehead atoms. The predicted octanol–water partition coefficient (Wildman–Crippen LogP) is -0.0898. The average Bonchev–Trinajstić information content (AvgIpc) is 2.04. The fourth-order valence-electron chi connectivity index (χ4n) is 0.0833. The van der Waals surface area contributed by atoms with Gasteiger partial charge in [-0.3, -0.25) is 4.79 Å². The van der Waals surface area contributed by atoms with Crippen molar-refractivity contribution in [1.82, 2.24) is 0 Å². The van der Waals surface area contributed by atoms with Crippen LogP contribution in [0.15, 0.2) is 12.7 Å². The first-order valence-corrected chi connectivity index (χ1v) is 3.00. The Balaban J connectivity index is -0.000000126. The molecule has 0 atom stereocenters. The lowest BCUT2D eigenvalue weighted by Gasteiger charge is -1.83. The first-order valence-electron chi connectivity index (χ1n) is 3.00. The zero-order chi connectivity index (χ0) is 9.28. The molecule has 0 spiro atoms. The largest absolute Gasteiger partial charge is 0.481 e. The Hall–Kier alpha value is -0.554. The normalized spacial score (nSPS) is 6.50. The van der Waals surface area contributed by atoms with Gasteiger partial charge in [0, 0.05) is 12.5 Å². The van der Waals surface area contributed by atoms with E-state index in [4.69, 9.17) is 5.11 Å². The number of carbonyl (C=O) groups is 2. The molecule has 0 rings (SSSR count). The first-order chi connectivity index (χ1) is 5.08. The molecule has 0 saturated carbocycles. The van der Waals surface area contributed by atoms with Crippen molar-refractivity contribution in [3.63, 3.8) is 0 Å². The Morgan fingerprint density at radius 1 is 1.58 bits per heavy atom. The molecule has 12 heavy (non-hydrogen) atoms. The highest BCUT2D eigenvalue weighted by atomic mass is 24.3. The third-order valence-corrected chi connectivity index (χ3v) is 0.670. The third kappa shape index (κ3) is 22.7. The molecule has 0 aromatic rings. The number of hydrogen-bond acceptors (Lipinski definition) is 3. The standard InChI is InChI=1S/C4H6O2.C3H6O2.Mg.2H/c1-3-4(5)6-2;1-2-3(4)5;;;/h3H,1H2,2H3;2H2,1H3,(H,4,5);;;. The summed E-state index contributed by atoms with van der Waals surface area (Å²) in [6.45, 7) is 4.76. The van der Waals surface area contributed by atoms with Crippen molar-refractivity contribution >= 4 is 35.0 Å². The maximum atomic E-state index is 9.84. The highest BCUT2D eigenvalue weighted by Crippen LogP contribution is 1.68. The summed E-state index contributed by atoms with van der Waals surface area (Å²) < 4.78 is 4.14. The minimum Gasteiger partial charge on any atom is -0.481 e. The lowest BCUT2D eigenvalue weighted by atomic mass is 10.5. The van der Waals surface area contributed by atoms with E-state index < -0.39 is 11.9 Å². The van der Waals surface area contributed by atoms with Gasteiger partial charge in [0.05, 0.1) is 7.11 Å². The van der Waals surface area contributed by atoms with Crippen LogP contribution in [0, 0.1) is 0 Å². The number of methoxy groups -OCH3 is 1. The number of ether oxygens (including phenoxy) is 1. The Morgan fingerprint density at radius 2 is 1.92 bits per heavy atom. The number of hydrogen-bond donors (Lipinski definition) is 1. The Morgan fingerprint density at radius 3 is 1.92 bits per heavy atom. The van der Waals surface area contributed by atoms with Crippen LogP contribution in [-0.4, -0.2) is 47.2 Å². The van der Waals surface area contributed by atoms with Gasteiger partial charge in [-0.1, -0.05) is 13.5 Å². The van der Waals surface area contributed by atoms with Gasteiger partial charge in [-0.2, -0.15) is 0 Å². The highest BCUT2D eigenvalue weighted by molar-refractivity contribution is 5.80. The Kier molecular flexibility index (Phi) is 19.1. The predicted molar refractivity (Wildman–Crippen MR) is 48.7 cm³/mol. The second kappa shape index (κ2) is 13.1. The van der Waals surface area contributed by atoms with E-state index in [-0.39, 0.29) is 29.5 Å². The van der Waals surface area contributed by atoms with Gasteiger partial charge in [0.25, 0.3) is 0 Å². The van der Waals surface area contributed by atoms with Gasteiger partial charge in [-0.25, -0.2) is 4.79 Å². The minimum atomic E-state index is -0.745. The molecular weight excluding hydrogens is 172 g/mol. The number of esters is 1. The van der Waals surface area contributed by atoms with Crippen molar-refractivity contribution in [3.05, 3.63) is 12.7 Å². The first kappa shape index (κ1) is 17.5. The molecule has 68 valence electrons. The van der Waals surface area contributed by atoms with Gasteiger partial charge >= 0.3 is 35.0 Å². The van der Waals surface area contributed by atoms with E-state index in [1.807, 2.05) is 0 Å². The molecule has 1 N–H and O–H groups in total. The molecule has 5 heteroatoms. The maximum absolute atomic E-state index is 9.84. The lowest BCUT2D eigenvalue weighted by molar-refractivity contribution is -0.137. The molecule has 0 saturated heterocycles. The second-order valence-electron chi connectivity index (χ2n) is 1.47. The van der Waals surface area contributed by atoms with Crippen LogP contribution in [0.25, 0.3) is 0 Å². The van der Waals surface area contributed by atoms with Gasteiger partial charge in [-0.15, -0.1) is 0 Å². The number of carbonyl (C=O) groups excluding carboxylic acids is 1. The third-order valence-electron chi connectivity index (χ3n) is 0.670. The van der Waals surface area contributed by atoms with Crippen LogP contribution in [0.5, 0.6) is 0 Å². The SMILES string of the molecule is C=CC(=O)OC.CCC(=O)O.[MgH2]. The molecule has 0 aliphatic heterocycles. The van der Waals surface area contributed by atoms with Crippen molar-refractivity contribution in [1.29, 1.82) is 0 Å². The van der Waals surface area contributed by atoms with Crippen molar-refractivity contribution in [2.45, 2.75) is 13.3 Å². The summed E-state index contributed by atoms with van der Waals surface area (Å²) in [5, 5.41) is 7.72. The molecule has 0 fully saturated rings. The fourth-order valence-corrected chi connectivity index (χ4v) is 0.0833. The van der Waals surface area contributed by atoms with E-state index in [1.54, 1.807) is 6.92 Å². The van der Waals surface area contributed by atoms with Crippen LogP contribution in [-0.2, 0) is 14.3 Å². The zero-order valence-electron chi connectivity index (χ0n) is 6.66. The fraction of sp³-hybridized carbons (Fsp3) is 0.429. The van der Waals surface area contributed by atoms with Crippen molar-refractivity contribution in [2.75, 3.05) is 7.11 Å².